The van der Waals surface area contributed by atoms with Crippen LogP contribution in [0.2, 0.25) is 0 Å². The topological polar surface area (TPSA) is 12.9 Å². The van der Waals surface area contributed by atoms with Gasteiger partial charge in [-0.25, -0.2) is 0 Å². The first kappa shape index (κ1) is 12.3. The van der Waals surface area contributed by atoms with Gasteiger partial charge in [0, 0.05) is 20.9 Å². The molecule has 1 aromatic heterocycles. The van der Waals surface area contributed by atoms with Crippen molar-refractivity contribution in [3.8, 4) is 0 Å². The fourth-order valence-corrected chi connectivity index (χ4v) is 2.46. The fourth-order valence-electron chi connectivity index (χ4n) is 2.10. The van der Waals surface area contributed by atoms with Gasteiger partial charge in [0.25, 0.3) is 0 Å². The van der Waals surface area contributed by atoms with Crippen LogP contribution in [0.1, 0.15) is 5.69 Å². The highest BCUT2D eigenvalue weighted by atomic mass is 79.9. The van der Waals surface area contributed by atoms with Crippen LogP contribution in [0.15, 0.2) is 46.9 Å². The standard InChI is InChI=1S/C14H10BrN.ClH/c1-9-11-4-2-3-5-12(11)13-8-10(15)6-7-14(13)16-9;/h2-8H,1H3;1H. The number of aromatic nitrogens is 1. The third-order valence-corrected chi connectivity index (χ3v) is 3.35. The summed E-state index contributed by atoms with van der Waals surface area (Å²) >= 11 is 3.51. The van der Waals surface area contributed by atoms with E-state index in [9.17, 15) is 0 Å². The molecule has 1 heterocycles. The van der Waals surface area contributed by atoms with Gasteiger partial charge in [-0.3, -0.25) is 4.98 Å². The van der Waals surface area contributed by atoms with Crippen molar-refractivity contribution >= 4 is 50.0 Å². The van der Waals surface area contributed by atoms with Crippen molar-refractivity contribution in [1.82, 2.24) is 4.98 Å². The van der Waals surface area contributed by atoms with Crippen LogP contribution in [0, 0.1) is 6.92 Å². The number of nitrogens with zero attached hydrogens (tertiary/aromatic N) is 1. The quantitative estimate of drug-likeness (QED) is 0.539. The number of fused-ring (bicyclic) bond motifs is 3. The maximum atomic E-state index is 4.62. The molecule has 3 aromatic rings. The van der Waals surface area contributed by atoms with Crippen molar-refractivity contribution in [3.63, 3.8) is 0 Å². The highest BCUT2D eigenvalue weighted by Crippen LogP contribution is 2.28. The van der Waals surface area contributed by atoms with Gasteiger partial charge in [-0.05, 0) is 30.5 Å². The maximum Gasteiger partial charge on any atom is 0.0712 e. The third-order valence-electron chi connectivity index (χ3n) is 2.85. The Balaban J connectivity index is 0.00000108. The van der Waals surface area contributed by atoms with Crippen LogP contribution in [0.25, 0.3) is 21.7 Å². The van der Waals surface area contributed by atoms with Crippen molar-refractivity contribution in [2.45, 2.75) is 6.92 Å². The molecule has 3 heteroatoms. The monoisotopic (exact) mass is 307 g/mol. The molecule has 0 aliphatic rings. The van der Waals surface area contributed by atoms with E-state index in [-0.39, 0.29) is 12.4 Å². The summed E-state index contributed by atoms with van der Waals surface area (Å²) in [6.45, 7) is 2.06. The average molecular weight is 309 g/mol. The van der Waals surface area contributed by atoms with Crippen LogP contribution in [-0.2, 0) is 0 Å². The van der Waals surface area contributed by atoms with E-state index in [1.807, 2.05) is 6.07 Å². The van der Waals surface area contributed by atoms with Crippen molar-refractivity contribution in [1.29, 1.82) is 0 Å². The molecule has 0 radical (unpaired) electrons. The SMILES string of the molecule is Cc1nc2ccc(Br)cc2c2ccccc12.Cl. The van der Waals surface area contributed by atoms with Gasteiger partial charge < -0.3 is 0 Å². The number of aryl methyl sites for hydroxylation is 1. The third kappa shape index (κ3) is 2.03. The Bertz CT molecular complexity index is 694. The van der Waals surface area contributed by atoms with Gasteiger partial charge in [-0.2, -0.15) is 0 Å². The molecule has 0 bridgehead atoms. The van der Waals surface area contributed by atoms with E-state index < -0.39 is 0 Å². The smallest absolute Gasteiger partial charge is 0.0712 e. The Morgan fingerprint density at radius 1 is 0.941 bits per heavy atom. The van der Waals surface area contributed by atoms with E-state index >= 15 is 0 Å². The van der Waals surface area contributed by atoms with Crippen molar-refractivity contribution < 1.29 is 0 Å². The summed E-state index contributed by atoms with van der Waals surface area (Å²) in [7, 11) is 0. The predicted molar refractivity (Wildman–Crippen MR) is 78.9 cm³/mol. The Hall–Kier alpha value is -1.12. The minimum Gasteiger partial charge on any atom is -0.252 e. The molecule has 0 aliphatic heterocycles. The Morgan fingerprint density at radius 2 is 1.65 bits per heavy atom. The lowest BCUT2D eigenvalue weighted by Gasteiger charge is -2.06. The van der Waals surface area contributed by atoms with Gasteiger partial charge in [0.2, 0.25) is 0 Å². The van der Waals surface area contributed by atoms with Crippen LogP contribution in [-0.4, -0.2) is 4.98 Å². The van der Waals surface area contributed by atoms with Crippen LogP contribution < -0.4 is 0 Å². The normalized spacial score (nSPS) is 10.5. The Morgan fingerprint density at radius 3 is 2.41 bits per heavy atom. The molecule has 3 rings (SSSR count). The van der Waals surface area contributed by atoms with Gasteiger partial charge in [-0.15, -0.1) is 12.4 Å². The molecule has 0 unspecified atom stereocenters. The second kappa shape index (κ2) is 4.63. The van der Waals surface area contributed by atoms with Crippen LogP contribution in [0.3, 0.4) is 0 Å². The zero-order valence-electron chi connectivity index (χ0n) is 9.27. The van der Waals surface area contributed by atoms with Crippen LogP contribution >= 0.6 is 28.3 Å². The Kier molecular flexibility index (Phi) is 3.36. The highest BCUT2D eigenvalue weighted by Gasteiger charge is 2.04. The van der Waals surface area contributed by atoms with E-state index in [0.29, 0.717) is 0 Å². The average Bonchev–Trinajstić information content (AvgIpc) is 2.31. The first-order valence-electron chi connectivity index (χ1n) is 5.20. The van der Waals surface area contributed by atoms with Crippen LogP contribution in [0.5, 0.6) is 0 Å². The first-order chi connectivity index (χ1) is 7.75. The summed E-state index contributed by atoms with van der Waals surface area (Å²) in [6, 6.07) is 14.6. The van der Waals surface area contributed by atoms with Crippen molar-refractivity contribution in [2.24, 2.45) is 0 Å². The molecule has 0 saturated heterocycles. The molecule has 2 aromatic carbocycles. The minimum atomic E-state index is 0. The largest absolute Gasteiger partial charge is 0.252 e. The maximum absolute atomic E-state index is 4.62. The summed E-state index contributed by atoms with van der Waals surface area (Å²) in [5.74, 6) is 0. The molecule has 0 atom stereocenters. The second-order valence-electron chi connectivity index (χ2n) is 3.90. The minimum absolute atomic E-state index is 0. The van der Waals surface area contributed by atoms with E-state index in [1.165, 1.54) is 16.2 Å². The van der Waals surface area contributed by atoms with Gasteiger partial charge in [0.05, 0.1) is 5.52 Å². The lowest BCUT2D eigenvalue weighted by atomic mass is 10.0. The van der Waals surface area contributed by atoms with E-state index in [4.69, 9.17) is 0 Å². The zero-order chi connectivity index (χ0) is 11.1. The molecule has 0 spiro atoms. The molecule has 17 heavy (non-hydrogen) atoms. The fraction of sp³-hybridized carbons (Fsp3) is 0.0714. The Labute approximate surface area is 114 Å². The van der Waals surface area contributed by atoms with Gasteiger partial charge in [-0.1, -0.05) is 40.2 Å². The molecule has 0 N–H and O–H groups in total. The molecule has 0 fully saturated rings. The summed E-state index contributed by atoms with van der Waals surface area (Å²) < 4.78 is 1.09. The summed E-state index contributed by atoms with van der Waals surface area (Å²) in [5, 5.41) is 3.70. The summed E-state index contributed by atoms with van der Waals surface area (Å²) in [4.78, 5) is 4.62. The van der Waals surface area contributed by atoms with Crippen molar-refractivity contribution in [3.05, 3.63) is 52.6 Å². The summed E-state index contributed by atoms with van der Waals surface area (Å²) in [6.07, 6.45) is 0. The van der Waals surface area contributed by atoms with Crippen molar-refractivity contribution in [2.75, 3.05) is 0 Å². The summed E-state index contributed by atoms with van der Waals surface area (Å²) in [5.41, 5.74) is 2.14. The van der Waals surface area contributed by atoms with E-state index in [1.54, 1.807) is 0 Å². The number of hydrogen-bond acceptors (Lipinski definition) is 1. The number of rotatable bonds is 0. The molecule has 0 amide bonds. The molecule has 0 saturated carbocycles. The molecule has 86 valence electrons. The zero-order valence-corrected chi connectivity index (χ0v) is 11.7. The van der Waals surface area contributed by atoms with Gasteiger partial charge in [0.1, 0.15) is 0 Å². The van der Waals surface area contributed by atoms with Crippen LogP contribution in [0.4, 0.5) is 0 Å². The lowest BCUT2D eigenvalue weighted by Crippen LogP contribution is -1.87. The van der Waals surface area contributed by atoms with E-state index in [2.05, 4.69) is 64.2 Å². The molecular formula is C14H11BrClN. The number of halogens is 2. The lowest BCUT2D eigenvalue weighted by molar-refractivity contribution is 1.29. The van der Waals surface area contributed by atoms with Gasteiger partial charge >= 0.3 is 0 Å². The predicted octanol–water partition coefficient (Wildman–Crippen LogP) is 4.88. The molecular weight excluding hydrogens is 298 g/mol. The highest BCUT2D eigenvalue weighted by molar-refractivity contribution is 9.10. The number of hydrogen-bond donors (Lipinski definition) is 0. The van der Waals surface area contributed by atoms with Gasteiger partial charge in [0.15, 0.2) is 0 Å². The first-order valence-corrected chi connectivity index (χ1v) is 5.99. The molecule has 0 aliphatic carbocycles. The number of pyridine rings is 1. The second-order valence-corrected chi connectivity index (χ2v) is 4.82. The molecule has 1 nitrogen and oxygen atoms in total. The van der Waals surface area contributed by atoms with E-state index in [0.717, 1.165) is 15.7 Å². The number of benzene rings is 2.